The van der Waals surface area contributed by atoms with E-state index in [2.05, 4.69) is 24.1 Å². The van der Waals surface area contributed by atoms with Crippen molar-refractivity contribution in [2.45, 2.75) is 45.4 Å². The Morgan fingerprint density at radius 3 is 2.86 bits per heavy atom. The van der Waals surface area contributed by atoms with Gasteiger partial charge in [-0.05, 0) is 38.2 Å². The smallest absolute Gasteiger partial charge is 0.239 e. The van der Waals surface area contributed by atoms with Crippen LogP contribution in [0, 0.1) is 0 Å². The molecule has 0 aliphatic carbocycles. The minimum atomic E-state index is -0.0540. The molecule has 2 aromatic rings. The molecule has 0 spiro atoms. The monoisotopic (exact) mass is 305 g/mol. The minimum absolute atomic E-state index is 0.0288. The Morgan fingerprint density at radius 1 is 1.38 bits per heavy atom. The fraction of sp³-hybridized carbons (Fsp3) is 0.500. The normalized spacial score (nSPS) is 12.5. The highest BCUT2D eigenvalue weighted by Crippen LogP contribution is 2.21. The molecule has 0 radical (unpaired) electrons. The lowest BCUT2D eigenvalue weighted by Gasteiger charge is -2.12. The molecule has 1 aromatic heterocycles. The van der Waals surface area contributed by atoms with Gasteiger partial charge in [0.1, 0.15) is 0 Å². The molecular formula is C16H23N3OS. The van der Waals surface area contributed by atoms with Gasteiger partial charge in [-0.2, -0.15) is 0 Å². The molecule has 1 N–H and O–H groups in total. The average Bonchev–Trinajstić information content (AvgIpc) is 2.84. The van der Waals surface area contributed by atoms with Crippen LogP contribution in [0.4, 0.5) is 5.95 Å². The molecule has 1 heterocycles. The molecule has 5 heteroatoms. The third kappa shape index (κ3) is 3.79. The van der Waals surface area contributed by atoms with Crippen LogP contribution < -0.4 is 5.32 Å². The molecule has 1 amide bonds. The summed E-state index contributed by atoms with van der Waals surface area (Å²) in [6.45, 7) is 6.96. The summed E-state index contributed by atoms with van der Waals surface area (Å²) in [6, 6.07) is 7.95. The number of fused-ring (bicyclic) bond motifs is 1. The zero-order valence-corrected chi connectivity index (χ0v) is 13.7. The van der Waals surface area contributed by atoms with Crippen LogP contribution in [0.5, 0.6) is 0 Å². The number of rotatable bonds is 7. The van der Waals surface area contributed by atoms with Crippen molar-refractivity contribution in [3.63, 3.8) is 0 Å². The Kier molecular flexibility index (Phi) is 5.67. The number of nitrogens with one attached hydrogen (secondary N) is 1. The van der Waals surface area contributed by atoms with Crippen molar-refractivity contribution in [1.82, 2.24) is 9.55 Å². The third-order valence-electron chi connectivity index (χ3n) is 3.44. The first kappa shape index (κ1) is 15.9. The van der Waals surface area contributed by atoms with E-state index in [0.717, 1.165) is 36.2 Å². The summed E-state index contributed by atoms with van der Waals surface area (Å²) < 4.78 is 2.04. The lowest BCUT2D eigenvalue weighted by molar-refractivity contribution is -0.115. The molecule has 21 heavy (non-hydrogen) atoms. The molecule has 4 nitrogen and oxygen atoms in total. The van der Waals surface area contributed by atoms with E-state index < -0.39 is 0 Å². The molecule has 1 unspecified atom stereocenters. The number of aromatic nitrogens is 2. The molecule has 0 saturated carbocycles. The fourth-order valence-electron chi connectivity index (χ4n) is 2.18. The van der Waals surface area contributed by atoms with Crippen molar-refractivity contribution >= 4 is 34.7 Å². The highest BCUT2D eigenvalue weighted by Gasteiger charge is 2.17. The minimum Gasteiger partial charge on any atom is -0.310 e. The van der Waals surface area contributed by atoms with Gasteiger partial charge in [-0.3, -0.25) is 10.1 Å². The quantitative estimate of drug-likeness (QED) is 0.789. The number of imidazole rings is 1. The number of amides is 1. The van der Waals surface area contributed by atoms with Gasteiger partial charge in [0.05, 0.1) is 16.3 Å². The van der Waals surface area contributed by atoms with Crippen LogP contribution >= 0.6 is 11.8 Å². The maximum atomic E-state index is 12.3. The Bertz CT molecular complexity index is 609. The van der Waals surface area contributed by atoms with Crippen molar-refractivity contribution in [2.24, 2.45) is 0 Å². The lowest BCUT2D eigenvalue weighted by Crippen LogP contribution is -2.24. The summed E-state index contributed by atoms with van der Waals surface area (Å²) in [6.07, 6.45) is 2.31. The average molecular weight is 305 g/mol. The molecule has 0 saturated heterocycles. The van der Waals surface area contributed by atoms with Gasteiger partial charge in [-0.15, -0.1) is 11.8 Å². The number of hydrogen-bond donors (Lipinski definition) is 1. The van der Waals surface area contributed by atoms with Crippen molar-refractivity contribution in [1.29, 1.82) is 0 Å². The maximum Gasteiger partial charge on any atom is 0.239 e. The van der Waals surface area contributed by atoms with Crippen molar-refractivity contribution in [3.8, 4) is 0 Å². The number of unbranched alkanes of at least 4 members (excludes halogenated alkanes) is 1. The number of thioether (sulfide) groups is 1. The number of hydrogen-bond acceptors (Lipinski definition) is 3. The summed E-state index contributed by atoms with van der Waals surface area (Å²) in [5, 5.41) is 2.92. The van der Waals surface area contributed by atoms with Crippen molar-refractivity contribution in [2.75, 3.05) is 11.1 Å². The lowest BCUT2D eigenvalue weighted by atomic mass is 10.3. The summed E-state index contributed by atoms with van der Waals surface area (Å²) >= 11 is 1.70. The molecular weight excluding hydrogens is 282 g/mol. The van der Waals surface area contributed by atoms with E-state index in [1.807, 2.05) is 35.8 Å². The van der Waals surface area contributed by atoms with Crippen LogP contribution in [0.2, 0.25) is 0 Å². The van der Waals surface area contributed by atoms with Gasteiger partial charge < -0.3 is 4.57 Å². The first-order valence-electron chi connectivity index (χ1n) is 7.55. The van der Waals surface area contributed by atoms with E-state index in [4.69, 9.17) is 0 Å². The van der Waals surface area contributed by atoms with Gasteiger partial charge in [0.15, 0.2) is 0 Å². The first-order chi connectivity index (χ1) is 10.2. The van der Waals surface area contributed by atoms with Gasteiger partial charge in [0.2, 0.25) is 11.9 Å². The van der Waals surface area contributed by atoms with Gasteiger partial charge in [0, 0.05) is 6.54 Å². The third-order valence-corrected chi connectivity index (χ3v) is 4.68. The number of para-hydroxylation sites is 2. The van der Waals surface area contributed by atoms with Gasteiger partial charge in [-0.25, -0.2) is 4.98 Å². The van der Waals surface area contributed by atoms with Crippen molar-refractivity contribution < 1.29 is 4.79 Å². The van der Waals surface area contributed by atoms with E-state index in [9.17, 15) is 4.79 Å². The highest BCUT2D eigenvalue weighted by atomic mass is 32.2. The van der Waals surface area contributed by atoms with Gasteiger partial charge in [0.25, 0.3) is 0 Å². The SMILES string of the molecule is CCCCSC(C)C(=O)Nc1nc2ccccc2n1CC. The molecule has 0 bridgehead atoms. The van der Waals surface area contributed by atoms with E-state index in [0.29, 0.717) is 5.95 Å². The number of nitrogens with zero attached hydrogens (tertiary/aromatic N) is 2. The molecule has 2 rings (SSSR count). The maximum absolute atomic E-state index is 12.3. The highest BCUT2D eigenvalue weighted by molar-refractivity contribution is 8.00. The summed E-state index contributed by atoms with van der Waals surface area (Å²) in [5.74, 6) is 1.70. The number of carbonyl (C=O) groups excluding carboxylic acids is 1. The van der Waals surface area contributed by atoms with E-state index in [1.165, 1.54) is 0 Å². The Hall–Kier alpha value is -1.49. The number of carbonyl (C=O) groups is 1. The Labute approximate surface area is 130 Å². The van der Waals surface area contributed by atoms with Crippen LogP contribution in [0.3, 0.4) is 0 Å². The van der Waals surface area contributed by atoms with E-state index >= 15 is 0 Å². The van der Waals surface area contributed by atoms with Crippen LogP contribution in [-0.4, -0.2) is 26.5 Å². The zero-order chi connectivity index (χ0) is 15.2. The second-order valence-corrected chi connectivity index (χ2v) is 6.47. The standard InChI is InChI=1S/C16H23N3OS/c1-4-6-11-21-12(3)15(20)18-16-17-13-9-7-8-10-14(13)19(16)5-2/h7-10,12H,4-6,11H2,1-3H3,(H,17,18,20). The molecule has 1 aromatic carbocycles. The zero-order valence-electron chi connectivity index (χ0n) is 12.9. The van der Waals surface area contributed by atoms with Crippen LogP contribution in [0.25, 0.3) is 11.0 Å². The van der Waals surface area contributed by atoms with E-state index in [-0.39, 0.29) is 11.2 Å². The van der Waals surface area contributed by atoms with Crippen molar-refractivity contribution in [3.05, 3.63) is 24.3 Å². The molecule has 0 aliphatic rings. The first-order valence-corrected chi connectivity index (χ1v) is 8.60. The summed E-state index contributed by atoms with van der Waals surface area (Å²) in [4.78, 5) is 16.8. The molecule has 0 fully saturated rings. The van der Waals surface area contributed by atoms with Crippen LogP contribution in [0.1, 0.15) is 33.6 Å². The molecule has 0 aliphatic heterocycles. The second-order valence-electron chi connectivity index (χ2n) is 5.02. The summed E-state index contributed by atoms with van der Waals surface area (Å²) in [7, 11) is 0. The number of benzene rings is 1. The number of aryl methyl sites for hydroxylation is 1. The number of anilines is 1. The predicted octanol–water partition coefficient (Wildman–Crippen LogP) is 3.92. The van der Waals surface area contributed by atoms with E-state index in [1.54, 1.807) is 11.8 Å². The predicted molar refractivity (Wildman–Crippen MR) is 90.9 cm³/mol. The second kappa shape index (κ2) is 7.50. The Balaban J connectivity index is 2.10. The van der Waals surface area contributed by atoms with Gasteiger partial charge >= 0.3 is 0 Å². The molecule has 1 atom stereocenters. The largest absolute Gasteiger partial charge is 0.310 e. The summed E-state index contributed by atoms with van der Waals surface area (Å²) in [5.41, 5.74) is 1.97. The van der Waals surface area contributed by atoms with Gasteiger partial charge in [-0.1, -0.05) is 25.5 Å². The van der Waals surface area contributed by atoms with Crippen LogP contribution in [0.15, 0.2) is 24.3 Å². The van der Waals surface area contributed by atoms with Crippen LogP contribution in [-0.2, 0) is 11.3 Å². The molecule has 114 valence electrons. The fourth-order valence-corrected chi connectivity index (χ4v) is 3.20. The topological polar surface area (TPSA) is 46.9 Å². The Morgan fingerprint density at radius 2 is 2.14 bits per heavy atom.